The number of alkyl halides is 3. The van der Waals surface area contributed by atoms with Crippen LogP contribution in [0.15, 0.2) is 30.3 Å². The Balaban J connectivity index is 2.31. The number of benzene rings is 1. The summed E-state index contributed by atoms with van der Waals surface area (Å²) in [7, 11) is 0. The molecule has 2 N–H and O–H groups in total. The van der Waals surface area contributed by atoms with Crippen LogP contribution in [-0.2, 0) is 17.5 Å². The maximum absolute atomic E-state index is 12.7. The highest BCUT2D eigenvalue weighted by molar-refractivity contribution is 5.87. The van der Waals surface area contributed by atoms with Crippen molar-refractivity contribution in [1.29, 1.82) is 0 Å². The topological polar surface area (TPSA) is 115 Å². The van der Waals surface area contributed by atoms with Gasteiger partial charge >= 0.3 is 11.9 Å². The minimum Gasteiger partial charge on any atom is -0.494 e. The molecule has 0 aliphatic rings. The molecule has 1 heterocycles. The van der Waals surface area contributed by atoms with E-state index in [1.165, 1.54) is 13.8 Å². The van der Waals surface area contributed by atoms with E-state index in [1.807, 2.05) is 0 Å². The van der Waals surface area contributed by atoms with Crippen molar-refractivity contribution in [2.45, 2.75) is 32.2 Å². The third-order valence-corrected chi connectivity index (χ3v) is 3.76. The van der Waals surface area contributed by atoms with Crippen molar-refractivity contribution in [2.24, 2.45) is 0 Å². The Morgan fingerprint density at radius 2 is 1.74 bits per heavy atom. The number of ketones is 1. The predicted molar refractivity (Wildman–Crippen MR) is 85.6 cm³/mol. The van der Waals surface area contributed by atoms with Gasteiger partial charge < -0.3 is 14.9 Å². The summed E-state index contributed by atoms with van der Waals surface area (Å²) in [6, 6.07) is 3.99. The Morgan fingerprint density at radius 3 is 2.22 bits per heavy atom. The molecule has 8 nitrogen and oxygen atoms in total. The number of hydrogen-bond acceptors (Lipinski definition) is 6. The van der Waals surface area contributed by atoms with Gasteiger partial charge in [-0.3, -0.25) is 19.5 Å². The maximum Gasteiger partial charge on any atom is 0.416 e. The van der Waals surface area contributed by atoms with E-state index in [9.17, 15) is 38.3 Å². The summed E-state index contributed by atoms with van der Waals surface area (Å²) in [6.07, 6.45) is -4.78. The molecule has 2 aromatic rings. The number of nitro groups is 1. The molecule has 0 aliphatic heterocycles. The first kappa shape index (κ1) is 20.1. The molecule has 0 saturated heterocycles. The number of halogens is 3. The third kappa shape index (κ3) is 4.30. The number of ether oxygens (including phenoxy) is 1. The van der Waals surface area contributed by atoms with Gasteiger partial charge in [-0.15, -0.1) is 0 Å². The van der Waals surface area contributed by atoms with Crippen LogP contribution in [0, 0.1) is 10.1 Å². The number of aromatic nitrogens is 1. The number of hydrogen-bond donors (Lipinski definition) is 2. The summed E-state index contributed by atoms with van der Waals surface area (Å²) < 4.78 is 44.4. The van der Waals surface area contributed by atoms with Gasteiger partial charge in [-0.25, -0.2) is 0 Å². The second-order valence-electron chi connectivity index (χ2n) is 6.11. The lowest BCUT2D eigenvalue weighted by Crippen LogP contribution is -2.40. The Labute approximate surface area is 150 Å². The lowest BCUT2D eigenvalue weighted by molar-refractivity contribution is -0.386. The van der Waals surface area contributed by atoms with Gasteiger partial charge in [-0.2, -0.15) is 13.2 Å². The first-order chi connectivity index (χ1) is 12.3. The number of aromatic hydroxyl groups is 2. The van der Waals surface area contributed by atoms with Crippen LogP contribution in [0.5, 0.6) is 17.5 Å². The minimum absolute atomic E-state index is 0.319. The molecule has 0 atom stereocenters. The smallest absolute Gasteiger partial charge is 0.416 e. The van der Waals surface area contributed by atoms with Gasteiger partial charge in [0.25, 0.3) is 0 Å². The van der Waals surface area contributed by atoms with Crippen LogP contribution in [0.25, 0.3) is 0 Å². The highest BCUT2D eigenvalue weighted by Gasteiger charge is 2.36. The summed E-state index contributed by atoms with van der Waals surface area (Å²) in [5.41, 5.74) is -3.88. The van der Waals surface area contributed by atoms with Crippen LogP contribution in [0.3, 0.4) is 0 Å². The van der Waals surface area contributed by atoms with Crippen LogP contribution in [0.2, 0.25) is 0 Å². The molecule has 27 heavy (non-hydrogen) atoms. The number of rotatable bonds is 6. The van der Waals surface area contributed by atoms with Gasteiger partial charge in [-0.05, 0) is 26.0 Å². The second-order valence-corrected chi connectivity index (χ2v) is 6.11. The van der Waals surface area contributed by atoms with Gasteiger partial charge in [0.2, 0.25) is 0 Å². The number of carbonyl (C=O) groups is 1. The van der Waals surface area contributed by atoms with E-state index in [-0.39, 0.29) is 0 Å². The molecular weight excluding hydrogens is 373 g/mol. The summed E-state index contributed by atoms with van der Waals surface area (Å²) in [6.45, 7) is 1.99. The molecule has 0 aliphatic carbocycles. The minimum atomic E-state index is -4.78. The van der Waals surface area contributed by atoms with Crippen molar-refractivity contribution in [2.75, 3.05) is 0 Å². The van der Waals surface area contributed by atoms with E-state index in [4.69, 9.17) is 4.74 Å². The molecule has 0 fully saturated rings. The lowest BCUT2D eigenvalue weighted by atomic mass is 10.0. The van der Waals surface area contributed by atoms with Gasteiger partial charge in [0.1, 0.15) is 0 Å². The highest BCUT2D eigenvalue weighted by Crippen LogP contribution is 2.37. The molecule has 0 amide bonds. The molecule has 146 valence electrons. The van der Waals surface area contributed by atoms with Crippen molar-refractivity contribution in [1.82, 2.24) is 4.57 Å². The number of carbonyl (C=O) groups excluding carboxylic acids is 1. The average molecular weight is 388 g/mol. The van der Waals surface area contributed by atoms with Crippen LogP contribution in [0.1, 0.15) is 19.4 Å². The average Bonchev–Trinajstić information content (AvgIpc) is 2.85. The summed E-state index contributed by atoms with van der Waals surface area (Å²) in [4.78, 5) is 22.5. The molecule has 2 rings (SSSR count). The summed E-state index contributed by atoms with van der Waals surface area (Å²) >= 11 is 0. The van der Waals surface area contributed by atoms with E-state index in [1.54, 1.807) is 0 Å². The van der Waals surface area contributed by atoms with Crippen molar-refractivity contribution >= 4 is 11.5 Å². The van der Waals surface area contributed by atoms with Crippen LogP contribution in [-0.4, -0.2) is 31.1 Å². The van der Waals surface area contributed by atoms with Crippen molar-refractivity contribution < 1.29 is 37.8 Å². The fraction of sp³-hybridized carbons (Fsp3) is 0.312. The van der Waals surface area contributed by atoms with Crippen molar-refractivity contribution in [3.8, 4) is 17.5 Å². The largest absolute Gasteiger partial charge is 0.494 e. The summed E-state index contributed by atoms with van der Waals surface area (Å²) in [5.74, 6) is -2.00. The highest BCUT2D eigenvalue weighted by atomic mass is 19.4. The first-order valence-electron chi connectivity index (χ1n) is 7.48. The van der Waals surface area contributed by atoms with Crippen molar-refractivity contribution in [3.05, 3.63) is 46.0 Å². The van der Waals surface area contributed by atoms with E-state index < -0.39 is 57.8 Å². The zero-order valence-electron chi connectivity index (χ0n) is 14.1. The number of nitro benzene ring substituents is 1. The van der Waals surface area contributed by atoms with Crippen LogP contribution < -0.4 is 4.74 Å². The molecule has 0 spiro atoms. The third-order valence-electron chi connectivity index (χ3n) is 3.76. The van der Waals surface area contributed by atoms with Gasteiger partial charge in [0.15, 0.2) is 28.9 Å². The van der Waals surface area contributed by atoms with Gasteiger partial charge in [0, 0.05) is 18.2 Å². The number of nitrogens with zero attached hydrogens (tertiary/aromatic N) is 2. The molecule has 0 bridgehead atoms. The fourth-order valence-electron chi connectivity index (χ4n) is 2.20. The Hall–Kier alpha value is -3.24. The van der Waals surface area contributed by atoms with E-state index in [0.29, 0.717) is 12.1 Å². The second kappa shape index (κ2) is 6.82. The Bertz CT molecular complexity index is 869. The molecule has 0 unspecified atom stereocenters. The van der Waals surface area contributed by atoms with Crippen LogP contribution in [0.4, 0.5) is 18.9 Å². The SMILES string of the molecule is CC(C)(Oc1ccc(C(F)(F)F)cc1[N+](=O)[O-])C(=O)Cn1c(O)ccc1O. The van der Waals surface area contributed by atoms with Crippen molar-refractivity contribution in [3.63, 3.8) is 0 Å². The van der Waals surface area contributed by atoms with Gasteiger partial charge in [0.05, 0.1) is 17.0 Å². The predicted octanol–water partition coefficient (Wildman–Crippen LogP) is 3.25. The normalized spacial score (nSPS) is 12.0. The van der Waals surface area contributed by atoms with E-state index in [0.717, 1.165) is 22.8 Å². The fourth-order valence-corrected chi connectivity index (χ4v) is 2.20. The molecular formula is C16H15F3N2O6. The molecule has 0 radical (unpaired) electrons. The zero-order valence-corrected chi connectivity index (χ0v) is 14.1. The molecule has 1 aromatic heterocycles. The van der Waals surface area contributed by atoms with E-state index >= 15 is 0 Å². The molecule has 0 saturated carbocycles. The van der Waals surface area contributed by atoms with Crippen LogP contribution >= 0.6 is 0 Å². The molecule has 1 aromatic carbocycles. The summed E-state index contributed by atoms with van der Waals surface area (Å²) in [5, 5.41) is 30.3. The quantitative estimate of drug-likeness (QED) is 0.580. The Morgan fingerprint density at radius 1 is 1.19 bits per heavy atom. The Kier molecular flexibility index (Phi) is 5.07. The van der Waals surface area contributed by atoms with Gasteiger partial charge in [-0.1, -0.05) is 0 Å². The molecule has 11 heteroatoms. The maximum atomic E-state index is 12.7. The standard InChI is InChI=1S/C16H15F3N2O6/c1-15(2,12(22)8-20-13(23)5-6-14(20)24)27-11-4-3-9(16(17,18)19)7-10(11)21(25)26/h3-7,23-24H,8H2,1-2H3. The monoisotopic (exact) mass is 388 g/mol. The first-order valence-corrected chi connectivity index (χ1v) is 7.48. The zero-order chi connectivity index (χ0) is 20.6. The number of Topliss-reactive ketones (excluding diaryl/α,β-unsaturated/α-hetero) is 1. The lowest BCUT2D eigenvalue weighted by Gasteiger charge is -2.25. The van der Waals surface area contributed by atoms with E-state index in [2.05, 4.69) is 0 Å².